The van der Waals surface area contributed by atoms with E-state index in [0.29, 0.717) is 0 Å². The van der Waals surface area contributed by atoms with E-state index in [1.165, 1.54) is 25.3 Å². The van der Waals surface area contributed by atoms with Gasteiger partial charge in [-0.05, 0) is 42.9 Å². The predicted octanol–water partition coefficient (Wildman–Crippen LogP) is 2.42. The van der Waals surface area contributed by atoms with Crippen molar-refractivity contribution in [2.24, 2.45) is 11.8 Å². The Kier molecular flexibility index (Phi) is 3.23. The van der Waals surface area contributed by atoms with Gasteiger partial charge in [0.25, 0.3) is 0 Å². The lowest BCUT2D eigenvalue weighted by atomic mass is 10.0. The Morgan fingerprint density at radius 3 is 2.79 bits per heavy atom. The zero-order valence-electron chi connectivity index (χ0n) is 10.8. The van der Waals surface area contributed by atoms with E-state index in [-0.39, 0.29) is 0 Å². The van der Waals surface area contributed by atoms with Crippen LogP contribution in [0.5, 0.6) is 0 Å². The van der Waals surface area contributed by atoms with E-state index in [1.54, 1.807) is 12.3 Å². The molecule has 0 amide bonds. The normalized spacial score (nSPS) is 26.0. The number of carbonyl (C=O) groups is 1. The molecule has 3 rings (SSSR count). The number of anilines is 1. The number of carboxylic acid groups (broad SMARTS) is 1. The summed E-state index contributed by atoms with van der Waals surface area (Å²) in [5.74, 6) is 1.61. The van der Waals surface area contributed by atoms with E-state index in [9.17, 15) is 4.79 Å². The zero-order chi connectivity index (χ0) is 13.2. The molecule has 0 aromatic carbocycles. The van der Waals surface area contributed by atoms with Crippen LogP contribution in [-0.4, -0.2) is 29.1 Å². The molecular formula is C15H18N2O2. The third kappa shape index (κ3) is 2.48. The summed E-state index contributed by atoms with van der Waals surface area (Å²) >= 11 is 0. The summed E-state index contributed by atoms with van der Waals surface area (Å²) in [4.78, 5) is 17.4. The second kappa shape index (κ2) is 5.03. The molecule has 1 saturated heterocycles. The van der Waals surface area contributed by atoms with Gasteiger partial charge in [0.1, 0.15) is 5.82 Å². The monoisotopic (exact) mass is 258 g/mol. The third-order valence-corrected chi connectivity index (χ3v) is 4.25. The molecule has 2 heterocycles. The van der Waals surface area contributed by atoms with Crippen LogP contribution in [0.25, 0.3) is 6.08 Å². The van der Waals surface area contributed by atoms with E-state index in [2.05, 4.69) is 9.88 Å². The highest BCUT2D eigenvalue weighted by Gasteiger charge is 2.36. The topological polar surface area (TPSA) is 53.4 Å². The number of carboxylic acids is 1. The molecule has 0 spiro atoms. The van der Waals surface area contributed by atoms with Gasteiger partial charge in [-0.3, -0.25) is 0 Å². The van der Waals surface area contributed by atoms with E-state index >= 15 is 0 Å². The molecule has 4 heteroatoms. The minimum absolute atomic E-state index is 0.804. The Labute approximate surface area is 112 Å². The van der Waals surface area contributed by atoms with Gasteiger partial charge in [0, 0.05) is 30.9 Å². The first-order valence-electron chi connectivity index (χ1n) is 6.85. The fourth-order valence-electron chi connectivity index (χ4n) is 3.37. The maximum atomic E-state index is 10.6. The molecule has 1 aromatic heterocycles. The highest BCUT2D eigenvalue weighted by molar-refractivity contribution is 5.86. The lowest BCUT2D eigenvalue weighted by molar-refractivity contribution is -0.131. The first kappa shape index (κ1) is 12.2. The summed E-state index contributed by atoms with van der Waals surface area (Å²) in [6.45, 7) is 2.13. The number of rotatable bonds is 3. The maximum absolute atomic E-state index is 10.6. The van der Waals surface area contributed by atoms with Gasteiger partial charge in [-0.15, -0.1) is 0 Å². The van der Waals surface area contributed by atoms with Crippen LogP contribution in [0.2, 0.25) is 0 Å². The summed E-state index contributed by atoms with van der Waals surface area (Å²) in [6.07, 6.45) is 8.61. The molecule has 2 aliphatic rings. The van der Waals surface area contributed by atoms with Crippen molar-refractivity contribution < 1.29 is 9.90 Å². The first-order valence-corrected chi connectivity index (χ1v) is 6.85. The van der Waals surface area contributed by atoms with E-state index in [1.807, 2.05) is 12.1 Å². The largest absolute Gasteiger partial charge is 0.478 e. The number of pyridine rings is 1. The lowest BCUT2D eigenvalue weighted by Crippen LogP contribution is -2.22. The van der Waals surface area contributed by atoms with Crippen LogP contribution in [-0.2, 0) is 4.79 Å². The van der Waals surface area contributed by atoms with Gasteiger partial charge in [0.15, 0.2) is 0 Å². The summed E-state index contributed by atoms with van der Waals surface area (Å²) in [6, 6.07) is 3.78. The molecule has 1 aliphatic heterocycles. The minimum atomic E-state index is -0.923. The molecule has 2 unspecified atom stereocenters. The van der Waals surface area contributed by atoms with Gasteiger partial charge in [0.05, 0.1) is 0 Å². The Hall–Kier alpha value is -1.84. The summed E-state index contributed by atoms with van der Waals surface area (Å²) in [5.41, 5.74) is 0.893. The molecule has 100 valence electrons. The maximum Gasteiger partial charge on any atom is 0.328 e. The molecular weight excluding hydrogens is 240 g/mol. The number of aromatic nitrogens is 1. The molecule has 1 aliphatic carbocycles. The van der Waals surface area contributed by atoms with Gasteiger partial charge >= 0.3 is 5.97 Å². The van der Waals surface area contributed by atoms with Crippen molar-refractivity contribution in [3.05, 3.63) is 30.0 Å². The smallest absolute Gasteiger partial charge is 0.328 e. The van der Waals surface area contributed by atoms with Gasteiger partial charge in [-0.1, -0.05) is 6.42 Å². The minimum Gasteiger partial charge on any atom is -0.478 e. The molecule has 2 fully saturated rings. The van der Waals surface area contributed by atoms with Crippen LogP contribution in [0.4, 0.5) is 5.82 Å². The van der Waals surface area contributed by atoms with Crippen LogP contribution in [0, 0.1) is 11.8 Å². The Bertz CT molecular complexity index is 501. The third-order valence-electron chi connectivity index (χ3n) is 4.25. The zero-order valence-corrected chi connectivity index (χ0v) is 10.8. The van der Waals surface area contributed by atoms with Crippen LogP contribution >= 0.6 is 0 Å². The van der Waals surface area contributed by atoms with Gasteiger partial charge in [-0.2, -0.15) is 0 Å². The number of hydrogen-bond donors (Lipinski definition) is 1. The second-order valence-electron chi connectivity index (χ2n) is 5.44. The number of nitrogens with zero attached hydrogens (tertiary/aromatic N) is 2. The first-order chi connectivity index (χ1) is 9.24. The quantitative estimate of drug-likeness (QED) is 0.846. The molecule has 0 bridgehead atoms. The Balaban J connectivity index is 1.83. The summed E-state index contributed by atoms with van der Waals surface area (Å²) < 4.78 is 0. The van der Waals surface area contributed by atoms with Crippen LogP contribution in [0.3, 0.4) is 0 Å². The second-order valence-corrected chi connectivity index (χ2v) is 5.44. The molecule has 4 nitrogen and oxygen atoms in total. The molecule has 1 saturated carbocycles. The average Bonchev–Trinajstić information content (AvgIpc) is 2.97. The van der Waals surface area contributed by atoms with Gasteiger partial charge in [0.2, 0.25) is 0 Å². The SMILES string of the molecule is O=C(O)/C=C/c1cccnc1N1CC2CCCC2C1. The van der Waals surface area contributed by atoms with Crippen LogP contribution in [0.15, 0.2) is 24.4 Å². The fourth-order valence-corrected chi connectivity index (χ4v) is 3.37. The van der Waals surface area contributed by atoms with Crippen molar-refractivity contribution in [2.75, 3.05) is 18.0 Å². The number of aliphatic carboxylic acids is 1. The highest BCUT2D eigenvalue weighted by atomic mass is 16.4. The highest BCUT2D eigenvalue weighted by Crippen LogP contribution is 2.39. The summed E-state index contributed by atoms with van der Waals surface area (Å²) in [5, 5.41) is 8.74. The molecule has 1 aromatic rings. The lowest BCUT2D eigenvalue weighted by Gasteiger charge is -2.20. The number of hydrogen-bond acceptors (Lipinski definition) is 3. The van der Waals surface area contributed by atoms with Gasteiger partial charge < -0.3 is 10.0 Å². The van der Waals surface area contributed by atoms with Crippen molar-refractivity contribution in [1.29, 1.82) is 0 Å². The predicted molar refractivity (Wildman–Crippen MR) is 74.0 cm³/mol. The molecule has 19 heavy (non-hydrogen) atoms. The standard InChI is InChI=1S/C15H18N2O2/c18-14(19)7-6-11-5-2-8-16-15(11)17-9-12-3-1-4-13(12)10-17/h2,5-8,12-13H,1,3-4,9-10H2,(H,18,19)/b7-6+. The molecule has 1 N–H and O–H groups in total. The van der Waals surface area contributed by atoms with Crippen molar-refractivity contribution in [3.63, 3.8) is 0 Å². The van der Waals surface area contributed by atoms with Crippen molar-refractivity contribution in [3.8, 4) is 0 Å². The Morgan fingerprint density at radius 2 is 2.11 bits per heavy atom. The van der Waals surface area contributed by atoms with Crippen molar-refractivity contribution in [1.82, 2.24) is 4.98 Å². The van der Waals surface area contributed by atoms with Crippen LogP contribution in [0.1, 0.15) is 24.8 Å². The van der Waals surface area contributed by atoms with Crippen molar-refractivity contribution >= 4 is 17.9 Å². The Morgan fingerprint density at radius 1 is 1.37 bits per heavy atom. The fraction of sp³-hybridized carbons (Fsp3) is 0.467. The number of fused-ring (bicyclic) bond motifs is 1. The van der Waals surface area contributed by atoms with Crippen molar-refractivity contribution in [2.45, 2.75) is 19.3 Å². The molecule has 0 radical (unpaired) electrons. The molecule has 2 atom stereocenters. The van der Waals surface area contributed by atoms with Crippen LogP contribution < -0.4 is 4.90 Å². The van der Waals surface area contributed by atoms with Gasteiger partial charge in [-0.25, -0.2) is 9.78 Å². The van der Waals surface area contributed by atoms with E-state index in [0.717, 1.165) is 36.3 Å². The van der Waals surface area contributed by atoms with E-state index < -0.39 is 5.97 Å². The van der Waals surface area contributed by atoms with E-state index in [4.69, 9.17) is 5.11 Å². The average molecular weight is 258 g/mol. The summed E-state index contributed by atoms with van der Waals surface area (Å²) in [7, 11) is 0.